The van der Waals surface area contributed by atoms with Crippen molar-refractivity contribution in [3.05, 3.63) is 29.8 Å². The van der Waals surface area contributed by atoms with Gasteiger partial charge in [0.1, 0.15) is 0 Å². The highest BCUT2D eigenvalue weighted by Gasteiger charge is 2.12. The van der Waals surface area contributed by atoms with Crippen molar-refractivity contribution in [3.8, 4) is 0 Å². The molecule has 0 saturated heterocycles. The summed E-state index contributed by atoms with van der Waals surface area (Å²) in [7, 11) is -3.38. The maximum Gasteiger partial charge on any atom is 0.240 e. The fourth-order valence-electron chi connectivity index (χ4n) is 1.49. The van der Waals surface area contributed by atoms with Crippen molar-refractivity contribution in [1.29, 1.82) is 0 Å². The summed E-state index contributed by atoms with van der Waals surface area (Å²) in [6.07, 6.45) is 0. The predicted octanol–water partition coefficient (Wildman–Crippen LogP) is 2.16. The number of ether oxygens (including phenoxy) is 1. The van der Waals surface area contributed by atoms with Crippen molar-refractivity contribution < 1.29 is 13.2 Å². The first-order valence-electron chi connectivity index (χ1n) is 6.12. The normalized spacial score (nSPS) is 12.0. The fraction of sp³-hybridized carbons (Fsp3) is 0.538. The summed E-state index contributed by atoms with van der Waals surface area (Å²) in [5.74, 6) is 0.471. The molecule has 5 heteroatoms. The fourth-order valence-corrected chi connectivity index (χ4v) is 2.60. The Morgan fingerprint density at radius 3 is 2.67 bits per heavy atom. The molecule has 0 atom stereocenters. The number of hydrogen-bond donors (Lipinski definition) is 1. The Hall–Kier alpha value is -0.910. The minimum atomic E-state index is -3.38. The average molecular weight is 271 g/mol. The van der Waals surface area contributed by atoms with E-state index < -0.39 is 10.0 Å². The third-order valence-corrected chi connectivity index (χ3v) is 3.81. The highest BCUT2D eigenvalue weighted by atomic mass is 32.2. The van der Waals surface area contributed by atoms with E-state index in [0.29, 0.717) is 25.7 Å². The summed E-state index contributed by atoms with van der Waals surface area (Å²) in [6, 6.07) is 6.84. The number of nitrogens with one attached hydrogen (secondary N) is 1. The Bertz CT molecular complexity index is 469. The van der Waals surface area contributed by atoms with E-state index >= 15 is 0 Å². The Balaban J connectivity index is 2.74. The molecule has 0 unspecified atom stereocenters. The lowest BCUT2D eigenvalue weighted by Crippen LogP contribution is -2.23. The molecule has 1 N–H and O–H groups in total. The zero-order chi connectivity index (χ0) is 13.6. The third-order valence-electron chi connectivity index (χ3n) is 2.26. The highest BCUT2D eigenvalue weighted by Crippen LogP contribution is 2.12. The van der Waals surface area contributed by atoms with Gasteiger partial charge in [-0.25, -0.2) is 13.1 Å². The van der Waals surface area contributed by atoms with Gasteiger partial charge in [0.05, 0.1) is 11.5 Å². The number of sulfonamides is 1. The predicted molar refractivity (Wildman–Crippen MR) is 71.8 cm³/mol. The summed E-state index contributed by atoms with van der Waals surface area (Å²) in [4.78, 5) is 0.287. The van der Waals surface area contributed by atoms with Crippen molar-refractivity contribution in [2.45, 2.75) is 32.3 Å². The van der Waals surface area contributed by atoms with E-state index in [0.717, 1.165) is 5.56 Å². The van der Waals surface area contributed by atoms with Gasteiger partial charge in [0.25, 0.3) is 0 Å². The van der Waals surface area contributed by atoms with Crippen molar-refractivity contribution in [1.82, 2.24) is 4.72 Å². The maximum atomic E-state index is 11.8. The SMILES string of the molecule is CCNS(=O)(=O)c1cccc(COCC(C)C)c1. The molecule has 0 bridgehead atoms. The molecule has 0 heterocycles. The summed E-state index contributed by atoms with van der Waals surface area (Å²) < 4.78 is 31.6. The molecule has 1 aromatic carbocycles. The van der Waals surface area contributed by atoms with Crippen LogP contribution < -0.4 is 4.72 Å². The van der Waals surface area contributed by atoms with Gasteiger partial charge in [-0.05, 0) is 23.6 Å². The van der Waals surface area contributed by atoms with Crippen LogP contribution in [0.3, 0.4) is 0 Å². The molecule has 0 aliphatic heterocycles. The van der Waals surface area contributed by atoms with Crippen LogP contribution in [-0.2, 0) is 21.4 Å². The Morgan fingerprint density at radius 2 is 2.06 bits per heavy atom. The summed E-state index contributed by atoms with van der Waals surface area (Å²) in [5.41, 5.74) is 0.870. The topological polar surface area (TPSA) is 55.4 Å². The van der Waals surface area contributed by atoms with Gasteiger partial charge in [-0.3, -0.25) is 0 Å². The molecule has 0 radical (unpaired) electrons. The van der Waals surface area contributed by atoms with Crippen LogP contribution in [0.4, 0.5) is 0 Å². The summed E-state index contributed by atoms with van der Waals surface area (Å²) in [6.45, 7) is 7.40. The lowest BCUT2D eigenvalue weighted by molar-refractivity contribution is 0.0970. The Morgan fingerprint density at radius 1 is 1.33 bits per heavy atom. The lowest BCUT2D eigenvalue weighted by atomic mass is 10.2. The molecule has 102 valence electrons. The van der Waals surface area contributed by atoms with E-state index in [4.69, 9.17) is 4.74 Å². The molecule has 0 aliphatic carbocycles. The highest BCUT2D eigenvalue weighted by molar-refractivity contribution is 7.89. The largest absolute Gasteiger partial charge is 0.377 e. The van der Waals surface area contributed by atoms with Crippen LogP contribution in [-0.4, -0.2) is 21.6 Å². The molecular weight excluding hydrogens is 250 g/mol. The van der Waals surface area contributed by atoms with Gasteiger partial charge in [0.15, 0.2) is 0 Å². The van der Waals surface area contributed by atoms with E-state index in [1.807, 2.05) is 6.07 Å². The van der Waals surface area contributed by atoms with Gasteiger partial charge >= 0.3 is 0 Å². The van der Waals surface area contributed by atoms with Crippen LogP contribution in [0.25, 0.3) is 0 Å². The average Bonchev–Trinajstić information content (AvgIpc) is 2.29. The second kappa shape index (κ2) is 6.87. The van der Waals surface area contributed by atoms with Crippen molar-refractivity contribution >= 4 is 10.0 Å². The van der Waals surface area contributed by atoms with Gasteiger partial charge in [0, 0.05) is 13.2 Å². The van der Waals surface area contributed by atoms with Gasteiger partial charge in [-0.2, -0.15) is 0 Å². The van der Waals surface area contributed by atoms with Crippen molar-refractivity contribution in [2.24, 2.45) is 5.92 Å². The molecule has 0 saturated carbocycles. The molecule has 1 aromatic rings. The van der Waals surface area contributed by atoms with Crippen molar-refractivity contribution in [2.75, 3.05) is 13.2 Å². The smallest absolute Gasteiger partial charge is 0.240 e. The molecule has 0 fully saturated rings. The quantitative estimate of drug-likeness (QED) is 0.827. The monoisotopic (exact) mass is 271 g/mol. The first-order valence-corrected chi connectivity index (χ1v) is 7.60. The zero-order valence-electron chi connectivity index (χ0n) is 11.1. The molecule has 18 heavy (non-hydrogen) atoms. The van der Waals surface area contributed by atoms with Gasteiger partial charge in [0.2, 0.25) is 10.0 Å². The van der Waals surface area contributed by atoms with Gasteiger partial charge in [-0.1, -0.05) is 32.9 Å². The van der Waals surface area contributed by atoms with E-state index in [9.17, 15) is 8.42 Å². The molecule has 0 aromatic heterocycles. The summed E-state index contributed by atoms with van der Waals surface area (Å²) in [5, 5.41) is 0. The molecule has 0 amide bonds. The van der Waals surface area contributed by atoms with E-state index in [2.05, 4.69) is 18.6 Å². The number of rotatable bonds is 7. The van der Waals surface area contributed by atoms with Crippen LogP contribution in [0.15, 0.2) is 29.2 Å². The lowest BCUT2D eigenvalue weighted by Gasteiger charge is -2.09. The molecule has 1 rings (SSSR count). The third kappa shape index (κ3) is 4.76. The second-order valence-corrected chi connectivity index (χ2v) is 6.32. The van der Waals surface area contributed by atoms with E-state index in [-0.39, 0.29) is 4.90 Å². The standard InChI is InChI=1S/C13H21NO3S/c1-4-14-18(15,16)13-7-5-6-12(8-13)10-17-9-11(2)3/h5-8,11,14H,4,9-10H2,1-3H3. The van der Waals surface area contributed by atoms with Crippen LogP contribution in [0.1, 0.15) is 26.3 Å². The zero-order valence-corrected chi connectivity index (χ0v) is 12.0. The van der Waals surface area contributed by atoms with Crippen LogP contribution in [0.5, 0.6) is 0 Å². The second-order valence-electron chi connectivity index (χ2n) is 4.56. The van der Waals surface area contributed by atoms with Gasteiger partial charge < -0.3 is 4.74 Å². The van der Waals surface area contributed by atoms with E-state index in [1.54, 1.807) is 25.1 Å². The minimum Gasteiger partial charge on any atom is -0.377 e. The number of hydrogen-bond acceptors (Lipinski definition) is 3. The summed E-state index contributed by atoms with van der Waals surface area (Å²) >= 11 is 0. The molecular formula is C13H21NO3S. The van der Waals surface area contributed by atoms with Gasteiger partial charge in [-0.15, -0.1) is 0 Å². The van der Waals surface area contributed by atoms with Crippen LogP contribution in [0, 0.1) is 5.92 Å². The first-order chi connectivity index (χ1) is 8.45. The number of benzene rings is 1. The Labute approximate surface area is 109 Å². The van der Waals surface area contributed by atoms with E-state index in [1.165, 1.54) is 0 Å². The van der Waals surface area contributed by atoms with Crippen LogP contribution >= 0.6 is 0 Å². The Kier molecular flexibility index (Phi) is 5.78. The maximum absolute atomic E-state index is 11.8. The first kappa shape index (κ1) is 15.1. The molecule has 4 nitrogen and oxygen atoms in total. The minimum absolute atomic E-state index is 0.287. The van der Waals surface area contributed by atoms with Crippen LogP contribution in [0.2, 0.25) is 0 Å². The molecule has 0 aliphatic rings. The molecule has 0 spiro atoms. The van der Waals surface area contributed by atoms with Crippen molar-refractivity contribution in [3.63, 3.8) is 0 Å².